The fraction of sp³-hybridized carbons (Fsp3) is 0. The maximum absolute atomic E-state index is 12.1. The molecule has 0 unspecified atom stereocenters. The van der Waals surface area contributed by atoms with Crippen LogP contribution < -0.4 is 5.73 Å². The second kappa shape index (κ2) is 4.49. The molecule has 10 heavy (non-hydrogen) atoms. The molecule has 2 N–H and O–H groups in total. The summed E-state index contributed by atoms with van der Waals surface area (Å²) in [5.41, 5.74) is 5.68. The number of nitrogens with two attached hydrogens (primary N) is 1. The van der Waals surface area contributed by atoms with Gasteiger partial charge in [-0.3, -0.25) is 0 Å². The number of hydrogen-bond acceptors (Lipinski definition) is 2. The Morgan fingerprint density at radius 1 is 1.40 bits per heavy atom. The molecule has 0 amide bonds. The zero-order chi connectivity index (χ0) is 7.98. The van der Waals surface area contributed by atoms with Crippen molar-refractivity contribution >= 4 is 12.5 Å². The summed E-state index contributed by atoms with van der Waals surface area (Å²) in [4.78, 5) is 8.00. The average molecular weight is 141 g/mol. The van der Waals surface area contributed by atoms with Crippen molar-refractivity contribution in [2.75, 3.05) is 5.73 Å². The van der Waals surface area contributed by atoms with Gasteiger partial charge in [0.25, 0.3) is 0 Å². The van der Waals surface area contributed by atoms with Gasteiger partial charge in [0.05, 0.1) is 0 Å². The minimum atomic E-state index is -0.287. The highest BCUT2D eigenvalue weighted by Gasteiger charge is 1.85. The van der Waals surface area contributed by atoms with E-state index in [0.29, 0.717) is 5.69 Å². The summed E-state index contributed by atoms with van der Waals surface area (Å²) in [6, 6.07) is 5.85. The van der Waals surface area contributed by atoms with Gasteiger partial charge in [0.1, 0.15) is 12.6 Å². The number of carbonyl (C=O) groups excluding carboxylic acids is 1. The van der Waals surface area contributed by atoms with Crippen molar-refractivity contribution in [3.63, 3.8) is 0 Å². The molecular formula is C7H8FNO. The van der Waals surface area contributed by atoms with Crippen LogP contribution in [0, 0.1) is 5.82 Å². The zero-order valence-corrected chi connectivity index (χ0v) is 5.38. The molecule has 1 aromatic carbocycles. The average Bonchev–Trinajstić information content (AvgIpc) is 1.91. The third-order valence-electron chi connectivity index (χ3n) is 0.849. The van der Waals surface area contributed by atoms with E-state index in [1.165, 1.54) is 12.1 Å². The van der Waals surface area contributed by atoms with E-state index in [2.05, 4.69) is 0 Å². The second-order valence-corrected chi connectivity index (χ2v) is 1.56. The smallest absolute Gasteiger partial charge is 0.125 e. The van der Waals surface area contributed by atoms with Crippen LogP contribution in [0.2, 0.25) is 0 Å². The molecule has 0 saturated carbocycles. The van der Waals surface area contributed by atoms with Gasteiger partial charge in [0, 0.05) is 5.69 Å². The molecule has 2 nitrogen and oxygen atoms in total. The Kier molecular flexibility index (Phi) is 3.87. The van der Waals surface area contributed by atoms with Crippen molar-refractivity contribution < 1.29 is 9.18 Å². The first-order valence-corrected chi connectivity index (χ1v) is 2.59. The van der Waals surface area contributed by atoms with Crippen LogP contribution >= 0.6 is 0 Å². The van der Waals surface area contributed by atoms with Crippen molar-refractivity contribution in [3.8, 4) is 0 Å². The third kappa shape index (κ3) is 2.81. The highest BCUT2D eigenvalue weighted by molar-refractivity contribution is 5.36. The topological polar surface area (TPSA) is 43.1 Å². The van der Waals surface area contributed by atoms with Gasteiger partial charge in [-0.25, -0.2) is 4.39 Å². The van der Waals surface area contributed by atoms with Gasteiger partial charge < -0.3 is 10.5 Å². The lowest BCUT2D eigenvalue weighted by Gasteiger charge is -1.88. The Bertz CT molecular complexity index is 185. The molecule has 54 valence electrons. The van der Waals surface area contributed by atoms with Crippen molar-refractivity contribution in [2.24, 2.45) is 0 Å². The molecule has 0 aliphatic carbocycles. The van der Waals surface area contributed by atoms with E-state index in [1.807, 2.05) is 6.79 Å². The fourth-order valence-electron chi connectivity index (χ4n) is 0.507. The number of anilines is 1. The van der Waals surface area contributed by atoms with Crippen LogP contribution in [0.5, 0.6) is 0 Å². The van der Waals surface area contributed by atoms with Crippen LogP contribution in [0.4, 0.5) is 10.1 Å². The van der Waals surface area contributed by atoms with E-state index in [0.717, 1.165) is 0 Å². The van der Waals surface area contributed by atoms with E-state index in [4.69, 9.17) is 10.5 Å². The molecule has 0 bridgehead atoms. The molecule has 0 radical (unpaired) electrons. The highest BCUT2D eigenvalue weighted by atomic mass is 19.1. The first kappa shape index (κ1) is 8.62. The Balaban J connectivity index is 0.000000371. The number of carbonyl (C=O) groups is 1. The fourth-order valence-corrected chi connectivity index (χ4v) is 0.507. The predicted molar refractivity (Wildman–Crippen MR) is 37.9 cm³/mol. The molecule has 0 spiro atoms. The Labute approximate surface area is 58.5 Å². The monoisotopic (exact) mass is 141 g/mol. The van der Waals surface area contributed by atoms with Gasteiger partial charge in [-0.1, -0.05) is 6.07 Å². The minimum Gasteiger partial charge on any atom is -0.399 e. The molecule has 0 fully saturated rings. The van der Waals surface area contributed by atoms with Crippen LogP contribution in [-0.2, 0) is 4.79 Å². The molecule has 0 aliphatic heterocycles. The molecule has 3 heteroatoms. The normalized spacial score (nSPS) is 7.70. The lowest BCUT2D eigenvalue weighted by Crippen LogP contribution is -1.83. The summed E-state index contributed by atoms with van der Waals surface area (Å²) in [5, 5.41) is 0. The van der Waals surface area contributed by atoms with Crippen molar-refractivity contribution in [3.05, 3.63) is 30.1 Å². The molecule has 0 aliphatic rings. The van der Waals surface area contributed by atoms with E-state index in [9.17, 15) is 4.39 Å². The molecule has 0 saturated heterocycles. The Hall–Kier alpha value is -1.38. The first-order chi connectivity index (χ1) is 4.79. The van der Waals surface area contributed by atoms with Crippen molar-refractivity contribution in [2.45, 2.75) is 0 Å². The second-order valence-electron chi connectivity index (χ2n) is 1.56. The number of rotatable bonds is 0. The molecule has 1 aromatic rings. The van der Waals surface area contributed by atoms with Gasteiger partial charge in [-0.05, 0) is 18.2 Å². The van der Waals surface area contributed by atoms with Crippen molar-refractivity contribution in [1.29, 1.82) is 0 Å². The number of benzene rings is 1. The summed E-state index contributed by atoms with van der Waals surface area (Å²) in [5.74, 6) is -0.287. The van der Waals surface area contributed by atoms with E-state index >= 15 is 0 Å². The van der Waals surface area contributed by atoms with Gasteiger partial charge in [-0.15, -0.1) is 0 Å². The summed E-state index contributed by atoms with van der Waals surface area (Å²) >= 11 is 0. The first-order valence-electron chi connectivity index (χ1n) is 2.59. The predicted octanol–water partition coefficient (Wildman–Crippen LogP) is 1.22. The quantitative estimate of drug-likeness (QED) is 0.552. The van der Waals surface area contributed by atoms with Crippen molar-refractivity contribution in [1.82, 2.24) is 0 Å². The van der Waals surface area contributed by atoms with Crippen LogP contribution in [0.25, 0.3) is 0 Å². The molecule has 1 rings (SSSR count). The van der Waals surface area contributed by atoms with Gasteiger partial charge in [0.15, 0.2) is 0 Å². The maximum Gasteiger partial charge on any atom is 0.125 e. The van der Waals surface area contributed by atoms with E-state index in [1.54, 1.807) is 12.1 Å². The summed E-state index contributed by atoms with van der Waals surface area (Å²) in [6.07, 6.45) is 0. The third-order valence-corrected chi connectivity index (χ3v) is 0.849. The van der Waals surface area contributed by atoms with Gasteiger partial charge in [-0.2, -0.15) is 0 Å². The summed E-state index contributed by atoms with van der Waals surface area (Å²) in [7, 11) is 0. The molecule has 0 atom stereocenters. The molecule has 0 heterocycles. The minimum absolute atomic E-state index is 0.287. The lowest BCUT2D eigenvalue weighted by molar-refractivity contribution is -0.0979. The number of hydrogen-bond donors (Lipinski definition) is 1. The largest absolute Gasteiger partial charge is 0.399 e. The van der Waals surface area contributed by atoms with Gasteiger partial charge in [0.2, 0.25) is 0 Å². The Morgan fingerprint density at radius 3 is 2.30 bits per heavy atom. The van der Waals surface area contributed by atoms with Crippen LogP contribution in [0.15, 0.2) is 24.3 Å². The van der Waals surface area contributed by atoms with E-state index in [-0.39, 0.29) is 5.82 Å². The lowest BCUT2D eigenvalue weighted by atomic mass is 10.3. The van der Waals surface area contributed by atoms with Crippen LogP contribution in [0.1, 0.15) is 0 Å². The standard InChI is InChI=1S/C6H6FN.CH2O/c7-5-2-1-3-6(8)4-5;1-2/h1-4H,8H2;1H2. The highest BCUT2D eigenvalue weighted by Crippen LogP contribution is 2.02. The number of halogens is 1. The van der Waals surface area contributed by atoms with Gasteiger partial charge >= 0.3 is 0 Å². The van der Waals surface area contributed by atoms with Crippen LogP contribution in [0.3, 0.4) is 0 Å². The summed E-state index contributed by atoms with van der Waals surface area (Å²) in [6.45, 7) is 2.00. The van der Waals surface area contributed by atoms with E-state index < -0.39 is 0 Å². The molecular weight excluding hydrogens is 133 g/mol. The Morgan fingerprint density at radius 2 is 2.00 bits per heavy atom. The zero-order valence-electron chi connectivity index (χ0n) is 5.38. The van der Waals surface area contributed by atoms with Crippen LogP contribution in [-0.4, -0.2) is 6.79 Å². The maximum atomic E-state index is 12.1. The number of nitrogen functional groups attached to an aromatic ring is 1. The molecule has 0 aromatic heterocycles. The SMILES string of the molecule is C=O.Nc1cccc(F)c1. The summed E-state index contributed by atoms with van der Waals surface area (Å²) < 4.78 is 12.1.